The van der Waals surface area contributed by atoms with Gasteiger partial charge in [-0.1, -0.05) is 26.8 Å². The number of rotatable bonds is 5. The summed E-state index contributed by atoms with van der Waals surface area (Å²) in [7, 11) is 0. The lowest BCUT2D eigenvalue weighted by Crippen LogP contribution is -2.48. The first-order chi connectivity index (χ1) is 12.5. The summed E-state index contributed by atoms with van der Waals surface area (Å²) in [6.07, 6.45) is 1.78. The Morgan fingerprint density at radius 3 is 2.58 bits per heavy atom. The van der Waals surface area contributed by atoms with E-state index in [2.05, 4.69) is 22.1 Å². The van der Waals surface area contributed by atoms with Crippen molar-refractivity contribution in [2.75, 3.05) is 39.3 Å². The number of hydrogen-bond donors (Lipinski definition) is 1. The molecule has 26 heavy (non-hydrogen) atoms. The molecule has 0 spiro atoms. The van der Waals surface area contributed by atoms with Crippen LogP contribution in [-0.2, 0) is 0 Å². The van der Waals surface area contributed by atoms with Crippen LogP contribution in [0.4, 0.5) is 0 Å². The first-order valence-corrected chi connectivity index (χ1v) is 9.28. The van der Waals surface area contributed by atoms with Gasteiger partial charge in [0.25, 0.3) is 11.8 Å². The van der Waals surface area contributed by atoms with Crippen LogP contribution in [0.3, 0.4) is 0 Å². The summed E-state index contributed by atoms with van der Waals surface area (Å²) < 4.78 is 1.70. The van der Waals surface area contributed by atoms with Crippen molar-refractivity contribution in [1.82, 2.24) is 24.5 Å². The largest absolute Gasteiger partial charge is 0.349 e. The van der Waals surface area contributed by atoms with Crippen molar-refractivity contribution in [2.24, 2.45) is 5.92 Å². The number of pyridine rings is 1. The molecule has 1 aliphatic heterocycles. The van der Waals surface area contributed by atoms with E-state index in [0.717, 1.165) is 19.6 Å². The van der Waals surface area contributed by atoms with E-state index >= 15 is 0 Å². The van der Waals surface area contributed by atoms with Gasteiger partial charge in [-0.25, -0.2) is 4.98 Å². The van der Waals surface area contributed by atoms with Gasteiger partial charge in [0.2, 0.25) is 5.82 Å². The number of nitrogens with one attached hydrogen (secondary N) is 1. The Kier molecular flexibility index (Phi) is 5.56. The second kappa shape index (κ2) is 7.86. The normalized spacial score (nSPS) is 15.6. The molecule has 2 amide bonds. The first kappa shape index (κ1) is 18.4. The lowest BCUT2D eigenvalue weighted by atomic mass is 10.2. The van der Waals surface area contributed by atoms with Crippen molar-refractivity contribution in [3.05, 3.63) is 35.9 Å². The average molecular weight is 357 g/mol. The number of fused-ring (bicyclic) bond motifs is 1. The van der Waals surface area contributed by atoms with E-state index in [-0.39, 0.29) is 17.6 Å². The van der Waals surface area contributed by atoms with E-state index < -0.39 is 0 Å². The fourth-order valence-electron chi connectivity index (χ4n) is 3.15. The molecule has 1 N–H and O–H groups in total. The third-order valence-corrected chi connectivity index (χ3v) is 4.73. The Hall–Kier alpha value is -2.41. The molecule has 0 aliphatic carbocycles. The molecule has 0 saturated carbocycles. The predicted octanol–water partition coefficient (Wildman–Crippen LogP) is 1.50. The quantitative estimate of drug-likeness (QED) is 0.880. The number of likely N-dealkylation sites (N-methyl/N-ethyl adjacent to an activating group) is 1. The smallest absolute Gasteiger partial charge is 0.287 e. The highest BCUT2D eigenvalue weighted by atomic mass is 16.2. The molecule has 7 heteroatoms. The summed E-state index contributed by atoms with van der Waals surface area (Å²) in [5.74, 6) is 0.250. The lowest BCUT2D eigenvalue weighted by molar-refractivity contribution is 0.0640. The summed E-state index contributed by atoms with van der Waals surface area (Å²) >= 11 is 0. The van der Waals surface area contributed by atoms with Crippen molar-refractivity contribution in [1.29, 1.82) is 0 Å². The Morgan fingerprint density at radius 1 is 1.19 bits per heavy atom. The Labute approximate surface area is 154 Å². The van der Waals surface area contributed by atoms with E-state index in [1.54, 1.807) is 10.6 Å². The second-order valence-corrected chi connectivity index (χ2v) is 7.07. The van der Waals surface area contributed by atoms with Crippen molar-refractivity contribution >= 4 is 17.3 Å². The second-order valence-electron chi connectivity index (χ2n) is 7.07. The molecular weight excluding hydrogens is 330 g/mol. The van der Waals surface area contributed by atoms with Crippen LogP contribution >= 0.6 is 0 Å². The highest BCUT2D eigenvalue weighted by Crippen LogP contribution is 2.16. The molecule has 0 bridgehead atoms. The fraction of sp³-hybridized carbons (Fsp3) is 0.526. The van der Waals surface area contributed by atoms with Gasteiger partial charge < -0.3 is 15.1 Å². The molecule has 0 atom stereocenters. The van der Waals surface area contributed by atoms with Gasteiger partial charge in [0, 0.05) is 38.9 Å². The van der Waals surface area contributed by atoms with Crippen LogP contribution in [0.1, 0.15) is 41.9 Å². The van der Waals surface area contributed by atoms with Crippen molar-refractivity contribution in [3.63, 3.8) is 0 Å². The molecule has 3 heterocycles. The molecule has 140 valence electrons. The minimum atomic E-state index is -0.255. The zero-order chi connectivity index (χ0) is 18.7. The third-order valence-electron chi connectivity index (χ3n) is 4.73. The molecule has 3 rings (SSSR count). The van der Waals surface area contributed by atoms with Crippen molar-refractivity contribution in [3.8, 4) is 0 Å². The lowest BCUT2D eigenvalue weighted by Gasteiger charge is -2.33. The van der Waals surface area contributed by atoms with E-state index in [1.165, 1.54) is 0 Å². The minimum absolute atomic E-state index is 0.104. The fourth-order valence-corrected chi connectivity index (χ4v) is 3.15. The van der Waals surface area contributed by atoms with Gasteiger partial charge in [-0.15, -0.1) is 0 Å². The summed E-state index contributed by atoms with van der Waals surface area (Å²) in [5.41, 5.74) is 1.02. The summed E-state index contributed by atoms with van der Waals surface area (Å²) in [4.78, 5) is 34.1. The monoisotopic (exact) mass is 357 g/mol. The standard InChI is InChI=1S/C19H27N5O2/c1-4-22-9-11-23(12-10-22)19(26)16-15-7-5-6-8-24(15)17(21-16)18(25)20-13-14(2)3/h5-8,14H,4,9-13H2,1-3H3,(H,20,25). The SMILES string of the molecule is CCN1CCN(C(=O)c2nc(C(=O)NCC(C)C)n3ccccc23)CC1. The summed E-state index contributed by atoms with van der Waals surface area (Å²) in [5, 5.41) is 2.88. The van der Waals surface area contributed by atoms with Crippen LogP contribution in [0.5, 0.6) is 0 Å². The number of nitrogens with zero attached hydrogens (tertiary/aromatic N) is 4. The molecule has 1 saturated heterocycles. The topological polar surface area (TPSA) is 69.9 Å². The van der Waals surface area contributed by atoms with Crippen LogP contribution in [0.25, 0.3) is 5.52 Å². The number of piperazine rings is 1. The van der Waals surface area contributed by atoms with Crippen LogP contribution in [0, 0.1) is 5.92 Å². The number of carbonyl (C=O) groups is 2. The number of carbonyl (C=O) groups excluding carboxylic acids is 2. The zero-order valence-corrected chi connectivity index (χ0v) is 15.7. The molecule has 7 nitrogen and oxygen atoms in total. The maximum atomic E-state index is 13.0. The van der Waals surface area contributed by atoms with Gasteiger partial charge in [-0.05, 0) is 24.6 Å². The average Bonchev–Trinajstić information content (AvgIpc) is 3.05. The highest BCUT2D eigenvalue weighted by Gasteiger charge is 2.27. The molecule has 1 aliphatic rings. The number of aromatic nitrogens is 2. The molecule has 2 aromatic heterocycles. The third kappa shape index (κ3) is 3.72. The summed E-state index contributed by atoms with van der Waals surface area (Å²) in [6.45, 7) is 10.9. The maximum absolute atomic E-state index is 13.0. The molecule has 0 radical (unpaired) electrons. The minimum Gasteiger partial charge on any atom is -0.349 e. The first-order valence-electron chi connectivity index (χ1n) is 9.28. The van der Waals surface area contributed by atoms with Gasteiger partial charge >= 0.3 is 0 Å². The number of amides is 2. The predicted molar refractivity (Wildman–Crippen MR) is 100 cm³/mol. The number of hydrogen-bond acceptors (Lipinski definition) is 4. The van der Waals surface area contributed by atoms with Gasteiger partial charge in [-0.2, -0.15) is 0 Å². The molecule has 2 aromatic rings. The van der Waals surface area contributed by atoms with Crippen molar-refractivity contribution < 1.29 is 9.59 Å². The Bertz CT molecular complexity index is 790. The maximum Gasteiger partial charge on any atom is 0.287 e. The molecular formula is C19H27N5O2. The van der Waals surface area contributed by atoms with E-state index in [4.69, 9.17) is 0 Å². The van der Waals surface area contributed by atoms with Gasteiger partial charge in [0.1, 0.15) is 0 Å². The Balaban J connectivity index is 1.87. The number of imidazole rings is 1. The van der Waals surface area contributed by atoms with Gasteiger partial charge in [0.05, 0.1) is 5.52 Å². The van der Waals surface area contributed by atoms with Gasteiger partial charge in [-0.3, -0.25) is 14.0 Å². The molecule has 0 aromatic carbocycles. The van der Waals surface area contributed by atoms with Crippen LogP contribution in [0.15, 0.2) is 24.4 Å². The van der Waals surface area contributed by atoms with Crippen LogP contribution in [-0.4, -0.2) is 70.3 Å². The molecule has 0 unspecified atom stereocenters. The van der Waals surface area contributed by atoms with E-state index in [1.807, 2.05) is 36.9 Å². The summed E-state index contributed by atoms with van der Waals surface area (Å²) in [6, 6.07) is 5.53. The zero-order valence-electron chi connectivity index (χ0n) is 15.7. The Morgan fingerprint density at radius 2 is 1.92 bits per heavy atom. The van der Waals surface area contributed by atoms with E-state index in [9.17, 15) is 9.59 Å². The van der Waals surface area contributed by atoms with Crippen LogP contribution < -0.4 is 5.32 Å². The van der Waals surface area contributed by atoms with Crippen LogP contribution in [0.2, 0.25) is 0 Å². The molecule has 1 fully saturated rings. The van der Waals surface area contributed by atoms with Crippen molar-refractivity contribution in [2.45, 2.75) is 20.8 Å². The highest BCUT2D eigenvalue weighted by molar-refractivity contribution is 6.02. The van der Waals surface area contributed by atoms with Gasteiger partial charge in [0.15, 0.2) is 5.69 Å². The van der Waals surface area contributed by atoms with E-state index in [0.29, 0.717) is 36.8 Å².